The summed E-state index contributed by atoms with van der Waals surface area (Å²) in [6.07, 6.45) is 2.05. The molecule has 0 aromatic heterocycles. The highest BCUT2D eigenvalue weighted by atomic mass is 79.9. The minimum absolute atomic E-state index is 0.152. The molecule has 19 heavy (non-hydrogen) atoms. The molecule has 1 fully saturated rings. The van der Waals surface area contributed by atoms with E-state index in [4.69, 9.17) is 11.6 Å². The third kappa shape index (κ3) is 3.94. The van der Waals surface area contributed by atoms with Crippen LogP contribution in [0.1, 0.15) is 30.1 Å². The second-order valence-corrected chi connectivity index (χ2v) is 5.89. The maximum Gasteiger partial charge on any atom is 0.253 e. The van der Waals surface area contributed by atoms with Gasteiger partial charge >= 0.3 is 0 Å². The highest BCUT2D eigenvalue weighted by Crippen LogP contribution is 2.21. The van der Waals surface area contributed by atoms with Crippen LogP contribution in [0.15, 0.2) is 22.7 Å². The monoisotopic (exact) mass is 344 g/mol. The van der Waals surface area contributed by atoms with Crippen LogP contribution in [0.3, 0.4) is 0 Å². The van der Waals surface area contributed by atoms with Gasteiger partial charge in [0.05, 0.1) is 5.56 Å². The van der Waals surface area contributed by atoms with Gasteiger partial charge in [-0.1, -0.05) is 11.6 Å². The van der Waals surface area contributed by atoms with Crippen molar-refractivity contribution in [2.24, 2.45) is 0 Å². The topological polar surface area (TPSA) is 58.2 Å². The first-order chi connectivity index (χ1) is 8.97. The number of amides is 2. The van der Waals surface area contributed by atoms with Gasteiger partial charge in [0.1, 0.15) is 6.04 Å². The molecule has 1 aliphatic rings. The third-order valence-corrected chi connectivity index (χ3v) is 3.73. The van der Waals surface area contributed by atoms with Gasteiger partial charge in [0.2, 0.25) is 5.91 Å². The molecule has 0 saturated heterocycles. The van der Waals surface area contributed by atoms with Crippen molar-refractivity contribution in [3.05, 3.63) is 33.3 Å². The van der Waals surface area contributed by atoms with Gasteiger partial charge in [-0.05, 0) is 53.9 Å². The Morgan fingerprint density at radius 1 is 1.42 bits per heavy atom. The molecule has 1 aliphatic carbocycles. The zero-order valence-electron chi connectivity index (χ0n) is 10.4. The molecular formula is C13H14BrClN2O2. The second-order valence-electron chi connectivity index (χ2n) is 4.60. The fraction of sp³-hybridized carbons (Fsp3) is 0.385. The number of halogens is 2. The molecule has 0 heterocycles. The van der Waals surface area contributed by atoms with Gasteiger partial charge in [-0.15, -0.1) is 0 Å². The summed E-state index contributed by atoms with van der Waals surface area (Å²) in [6.45, 7) is 1.67. The lowest BCUT2D eigenvalue weighted by atomic mass is 10.2. The average Bonchev–Trinajstić information content (AvgIpc) is 3.12. The highest BCUT2D eigenvalue weighted by Gasteiger charge is 2.26. The predicted molar refractivity (Wildman–Crippen MR) is 77.2 cm³/mol. The largest absolute Gasteiger partial charge is 0.352 e. The molecule has 2 rings (SSSR count). The third-order valence-electron chi connectivity index (χ3n) is 2.84. The van der Waals surface area contributed by atoms with Crippen LogP contribution in [0.25, 0.3) is 0 Å². The zero-order valence-corrected chi connectivity index (χ0v) is 12.7. The smallest absolute Gasteiger partial charge is 0.253 e. The van der Waals surface area contributed by atoms with E-state index in [9.17, 15) is 9.59 Å². The summed E-state index contributed by atoms with van der Waals surface area (Å²) in [7, 11) is 0. The van der Waals surface area contributed by atoms with E-state index in [2.05, 4.69) is 26.6 Å². The Morgan fingerprint density at radius 2 is 2.11 bits per heavy atom. The van der Waals surface area contributed by atoms with Crippen molar-refractivity contribution in [2.75, 3.05) is 0 Å². The van der Waals surface area contributed by atoms with Crippen molar-refractivity contribution < 1.29 is 9.59 Å². The first-order valence-electron chi connectivity index (χ1n) is 6.03. The van der Waals surface area contributed by atoms with Crippen molar-refractivity contribution in [1.82, 2.24) is 10.6 Å². The summed E-state index contributed by atoms with van der Waals surface area (Å²) in [5, 5.41) is 6.06. The lowest BCUT2D eigenvalue weighted by molar-refractivity contribution is -0.122. The van der Waals surface area contributed by atoms with Crippen LogP contribution in [0.5, 0.6) is 0 Å². The Bertz CT molecular complexity index is 517. The number of carbonyl (C=O) groups is 2. The summed E-state index contributed by atoms with van der Waals surface area (Å²) in [4.78, 5) is 23.8. The highest BCUT2D eigenvalue weighted by molar-refractivity contribution is 9.10. The molecule has 0 bridgehead atoms. The lowest BCUT2D eigenvalue weighted by Gasteiger charge is -2.14. The van der Waals surface area contributed by atoms with E-state index in [1.165, 1.54) is 0 Å². The van der Waals surface area contributed by atoms with Gasteiger partial charge in [-0.25, -0.2) is 0 Å². The fourth-order valence-corrected chi connectivity index (χ4v) is 2.43. The number of carbonyl (C=O) groups excluding carboxylic acids is 2. The van der Waals surface area contributed by atoms with Crippen molar-refractivity contribution in [3.63, 3.8) is 0 Å². The minimum atomic E-state index is -0.560. The molecule has 4 nitrogen and oxygen atoms in total. The Labute approximate surface area is 125 Å². The average molecular weight is 346 g/mol. The summed E-state index contributed by atoms with van der Waals surface area (Å²) in [5.74, 6) is -0.456. The van der Waals surface area contributed by atoms with Crippen LogP contribution in [-0.2, 0) is 4.79 Å². The molecule has 2 amide bonds. The quantitative estimate of drug-likeness (QED) is 0.881. The SMILES string of the molecule is CC(NC(=O)c1ccc(Cl)cc1Br)C(=O)NC1CC1. The van der Waals surface area contributed by atoms with Gasteiger partial charge in [-0.3, -0.25) is 9.59 Å². The molecule has 0 radical (unpaired) electrons. The maximum atomic E-state index is 12.0. The number of benzene rings is 1. The molecule has 6 heteroatoms. The molecule has 1 aromatic carbocycles. The molecule has 102 valence electrons. The van der Waals surface area contributed by atoms with E-state index < -0.39 is 6.04 Å². The minimum Gasteiger partial charge on any atom is -0.352 e. The zero-order chi connectivity index (χ0) is 14.0. The Hall–Kier alpha value is -1.07. The molecule has 0 aliphatic heterocycles. The van der Waals surface area contributed by atoms with Crippen LogP contribution in [0.2, 0.25) is 5.02 Å². The van der Waals surface area contributed by atoms with Crippen LogP contribution in [-0.4, -0.2) is 23.9 Å². The molecular weight excluding hydrogens is 332 g/mol. The number of hydrogen-bond acceptors (Lipinski definition) is 2. The van der Waals surface area contributed by atoms with Crippen molar-refractivity contribution >= 4 is 39.3 Å². The molecule has 1 saturated carbocycles. The van der Waals surface area contributed by atoms with Gasteiger partial charge < -0.3 is 10.6 Å². The summed E-state index contributed by atoms with van der Waals surface area (Å²) >= 11 is 9.10. The van der Waals surface area contributed by atoms with Gasteiger partial charge in [0.15, 0.2) is 0 Å². The normalized spacial score (nSPS) is 15.7. The summed E-state index contributed by atoms with van der Waals surface area (Å²) < 4.78 is 0.604. The Morgan fingerprint density at radius 3 is 2.68 bits per heavy atom. The number of rotatable bonds is 4. The van der Waals surface area contributed by atoms with E-state index in [0.717, 1.165) is 12.8 Å². The van der Waals surface area contributed by atoms with E-state index in [1.807, 2.05) is 0 Å². The van der Waals surface area contributed by atoms with E-state index in [-0.39, 0.29) is 17.9 Å². The van der Waals surface area contributed by atoms with Crippen molar-refractivity contribution in [1.29, 1.82) is 0 Å². The summed E-state index contributed by atoms with van der Waals surface area (Å²) in [5.41, 5.74) is 0.454. The van der Waals surface area contributed by atoms with E-state index >= 15 is 0 Å². The molecule has 1 aromatic rings. The molecule has 1 unspecified atom stereocenters. The van der Waals surface area contributed by atoms with E-state index in [0.29, 0.717) is 15.1 Å². The van der Waals surface area contributed by atoms with Crippen LogP contribution in [0, 0.1) is 0 Å². The van der Waals surface area contributed by atoms with Crippen LogP contribution >= 0.6 is 27.5 Å². The van der Waals surface area contributed by atoms with Gasteiger partial charge in [-0.2, -0.15) is 0 Å². The molecule has 0 spiro atoms. The maximum absolute atomic E-state index is 12.0. The summed E-state index contributed by atoms with van der Waals surface area (Å²) in [6, 6.07) is 4.62. The second kappa shape index (κ2) is 5.92. The van der Waals surface area contributed by atoms with Crippen molar-refractivity contribution in [2.45, 2.75) is 31.8 Å². The van der Waals surface area contributed by atoms with Gasteiger partial charge in [0, 0.05) is 15.5 Å². The molecule has 1 atom stereocenters. The van der Waals surface area contributed by atoms with Crippen LogP contribution in [0.4, 0.5) is 0 Å². The number of nitrogens with one attached hydrogen (secondary N) is 2. The molecule has 2 N–H and O–H groups in total. The van der Waals surface area contributed by atoms with Gasteiger partial charge in [0.25, 0.3) is 5.91 Å². The predicted octanol–water partition coefficient (Wildman–Crippen LogP) is 2.50. The Balaban J connectivity index is 1.97. The standard InChI is InChI=1S/C13H14BrClN2O2/c1-7(12(18)17-9-3-4-9)16-13(19)10-5-2-8(15)6-11(10)14/h2,5-7,9H,3-4H2,1H3,(H,16,19)(H,17,18). The number of hydrogen-bond donors (Lipinski definition) is 2. The first kappa shape index (κ1) is 14.3. The lowest BCUT2D eigenvalue weighted by Crippen LogP contribution is -2.45. The Kier molecular flexibility index (Phi) is 4.47. The van der Waals surface area contributed by atoms with Crippen LogP contribution < -0.4 is 10.6 Å². The fourth-order valence-electron chi connectivity index (χ4n) is 1.57. The first-order valence-corrected chi connectivity index (χ1v) is 7.21. The van der Waals surface area contributed by atoms with E-state index in [1.54, 1.807) is 25.1 Å². The van der Waals surface area contributed by atoms with Crippen molar-refractivity contribution in [3.8, 4) is 0 Å².